The summed E-state index contributed by atoms with van der Waals surface area (Å²) < 4.78 is 33.8. The summed E-state index contributed by atoms with van der Waals surface area (Å²) in [6, 6.07) is 18.8. The van der Waals surface area contributed by atoms with E-state index in [0.29, 0.717) is 29.4 Å². The molecule has 0 spiro atoms. The van der Waals surface area contributed by atoms with Gasteiger partial charge in [0.15, 0.2) is 0 Å². The summed E-state index contributed by atoms with van der Waals surface area (Å²) in [6.07, 6.45) is 2.84. The lowest BCUT2D eigenvalue weighted by Gasteiger charge is -2.41. The lowest BCUT2D eigenvalue weighted by molar-refractivity contribution is -0.145. The van der Waals surface area contributed by atoms with E-state index in [0.717, 1.165) is 22.4 Å². The van der Waals surface area contributed by atoms with Crippen molar-refractivity contribution < 1.29 is 27.5 Å². The number of hydrogen-bond donors (Lipinski definition) is 3. The third kappa shape index (κ3) is 8.41. The van der Waals surface area contributed by atoms with Crippen LogP contribution >= 0.6 is 11.6 Å². The zero-order chi connectivity index (χ0) is 38.5. The minimum absolute atomic E-state index is 0.111. The largest absolute Gasteiger partial charge is 0.457 e. The van der Waals surface area contributed by atoms with E-state index in [1.165, 1.54) is 0 Å². The van der Waals surface area contributed by atoms with Crippen LogP contribution in [-0.4, -0.2) is 53.9 Å². The number of ether oxygens (including phenoxy) is 1. The van der Waals surface area contributed by atoms with Crippen LogP contribution in [0.5, 0.6) is 11.5 Å². The molecule has 0 bridgehead atoms. The first-order valence-electron chi connectivity index (χ1n) is 18.0. The minimum Gasteiger partial charge on any atom is -0.457 e. The number of nitrogens with zero attached hydrogens (tertiary/aromatic N) is 1. The fourth-order valence-electron chi connectivity index (χ4n) is 6.83. The van der Waals surface area contributed by atoms with Crippen molar-refractivity contribution in [1.82, 2.24) is 14.9 Å². The molecule has 3 N–H and O–H groups in total. The van der Waals surface area contributed by atoms with Gasteiger partial charge in [-0.1, -0.05) is 83.5 Å². The number of halogens is 1. The zero-order valence-electron chi connectivity index (χ0n) is 31.2. The molecule has 3 aliphatic rings. The van der Waals surface area contributed by atoms with E-state index in [4.69, 9.17) is 16.3 Å². The summed E-state index contributed by atoms with van der Waals surface area (Å²) >= 11 is 6.18. The lowest BCUT2D eigenvalue weighted by Crippen LogP contribution is -2.61. The van der Waals surface area contributed by atoms with Crippen LogP contribution in [0, 0.1) is 11.3 Å². The molecule has 3 amide bonds. The molecule has 0 aromatic heterocycles. The molecule has 53 heavy (non-hydrogen) atoms. The summed E-state index contributed by atoms with van der Waals surface area (Å²) in [5, 5.41) is 6.31. The van der Waals surface area contributed by atoms with Gasteiger partial charge in [-0.2, -0.15) is 0 Å². The summed E-state index contributed by atoms with van der Waals surface area (Å²) in [5.74, 6) is -1.02. The van der Waals surface area contributed by atoms with Crippen molar-refractivity contribution in [3.05, 3.63) is 101 Å². The second-order valence-corrected chi connectivity index (χ2v) is 19.0. The van der Waals surface area contributed by atoms with Crippen LogP contribution in [0.1, 0.15) is 77.5 Å². The topological polar surface area (TPSA) is 134 Å². The van der Waals surface area contributed by atoms with Crippen molar-refractivity contribution >= 4 is 45.0 Å². The second kappa shape index (κ2) is 14.1. The maximum atomic E-state index is 14.9. The van der Waals surface area contributed by atoms with Crippen LogP contribution in [-0.2, 0) is 42.8 Å². The Morgan fingerprint density at radius 1 is 0.962 bits per heavy atom. The molecule has 0 radical (unpaired) electrons. The first-order valence-corrected chi connectivity index (χ1v) is 20.0. The molecular weight excluding hydrogens is 712 g/mol. The van der Waals surface area contributed by atoms with Crippen LogP contribution < -0.4 is 20.1 Å². The van der Waals surface area contributed by atoms with Crippen LogP contribution in [0.4, 0.5) is 5.69 Å². The molecule has 1 aliphatic heterocycles. The minimum atomic E-state index is -3.87. The normalized spacial score (nSPS) is 21.8. The molecule has 3 aromatic rings. The van der Waals surface area contributed by atoms with Crippen LogP contribution in [0.25, 0.3) is 0 Å². The third-order valence-electron chi connectivity index (χ3n) is 10.3. The van der Waals surface area contributed by atoms with E-state index in [2.05, 4.69) is 48.8 Å². The molecule has 282 valence electrons. The highest BCUT2D eigenvalue weighted by molar-refractivity contribution is 7.91. The summed E-state index contributed by atoms with van der Waals surface area (Å²) in [5.41, 5.74) is 1.36. The van der Waals surface area contributed by atoms with E-state index in [1.54, 1.807) is 35.2 Å². The molecule has 3 aromatic carbocycles. The molecule has 12 heteroatoms. The molecule has 2 aliphatic carbocycles. The van der Waals surface area contributed by atoms with Gasteiger partial charge in [0.05, 0.1) is 5.25 Å². The quantitative estimate of drug-likeness (QED) is 0.182. The standard InChI is InChI=1S/C41H49ClN4O6S/c1-8-27-23-41(27,38(49)45-53(50,51)33-17-18-33)44-36(47)34-20-26-19-32(52-31-14-10-12-29(42)22-31)16-15-25(26)24-46(34)37(48)35(40(5,6)7)43-30-13-9-11-28(21-30)39(2,3)4/h8-16,19,21-22,27,33-35,43H,1,17-18,20,23-24H2,2-7H3,(H,44,47)(H,45,49)/t27-,34?,35-,41?/m1/s1. The Balaban J connectivity index is 1.34. The van der Waals surface area contributed by atoms with Crippen LogP contribution in [0.15, 0.2) is 79.4 Å². The van der Waals surface area contributed by atoms with Gasteiger partial charge in [0.1, 0.15) is 29.1 Å². The predicted molar refractivity (Wildman–Crippen MR) is 207 cm³/mol. The molecule has 2 fully saturated rings. The van der Waals surface area contributed by atoms with E-state index < -0.39 is 56.0 Å². The van der Waals surface area contributed by atoms with Crippen LogP contribution in [0.3, 0.4) is 0 Å². The molecule has 2 saturated carbocycles. The van der Waals surface area contributed by atoms with Gasteiger partial charge >= 0.3 is 0 Å². The maximum Gasteiger partial charge on any atom is 0.259 e. The summed E-state index contributed by atoms with van der Waals surface area (Å²) in [4.78, 5) is 44.6. The molecule has 0 saturated heterocycles. The highest BCUT2D eigenvalue weighted by atomic mass is 35.5. The second-order valence-electron chi connectivity index (χ2n) is 16.6. The van der Waals surface area contributed by atoms with Crippen molar-refractivity contribution in [1.29, 1.82) is 0 Å². The number of rotatable bonds is 11. The summed E-state index contributed by atoms with van der Waals surface area (Å²) in [6.45, 7) is 16.3. The fraction of sp³-hybridized carbons (Fsp3) is 0.439. The van der Waals surface area contributed by atoms with E-state index in [1.807, 2.05) is 57.2 Å². The van der Waals surface area contributed by atoms with Gasteiger partial charge in [-0.25, -0.2) is 8.42 Å². The highest BCUT2D eigenvalue weighted by Gasteiger charge is 2.61. The molecule has 10 nitrogen and oxygen atoms in total. The van der Waals surface area contributed by atoms with Gasteiger partial charge in [-0.3, -0.25) is 19.1 Å². The average Bonchev–Trinajstić information content (AvgIpc) is 4.01. The first kappa shape index (κ1) is 38.4. The van der Waals surface area contributed by atoms with E-state index in [-0.39, 0.29) is 30.7 Å². The van der Waals surface area contributed by atoms with Crippen molar-refractivity contribution in [3.8, 4) is 11.5 Å². The molecular formula is C41H49ClN4O6S. The zero-order valence-corrected chi connectivity index (χ0v) is 32.7. The van der Waals surface area contributed by atoms with Crippen molar-refractivity contribution in [2.45, 2.75) is 102 Å². The molecule has 6 rings (SSSR count). The van der Waals surface area contributed by atoms with E-state index in [9.17, 15) is 22.8 Å². The van der Waals surface area contributed by atoms with Gasteiger partial charge in [0.25, 0.3) is 5.91 Å². The first-order chi connectivity index (χ1) is 24.8. The van der Waals surface area contributed by atoms with Crippen LogP contribution in [0.2, 0.25) is 5.02 Å². The van der Waals surface area contributed by atoms with E-state index >= 15 is 0 Å². The van der Waals surface area contributed by atoms with Gasteiger partial charge in [-0.15, -0.1) is 6.58 Å². The van der Waals surface area contributed by atoms with Gasteiger partial charge < -0.3 is 20.3 Å². The predicted octanol–water partition coefficient (Wildman–Crippen LogP) is 6.88. The number of carbonyl (C=O) groups is 3. The highest BCUT2D eigenvalue weighted by Crippen LogP contribution is 2.46. The Labute approximate surface area is 317 Å². The molecule has 2 unspecified atom stereocenters. The Morgan fingerprint density at radius 3 is 2.28 bits per heavy atom. The average molecular weight is 761 g/mol. The Kier molecular flexibility index (Phi) is 10.2. The number of fused-ring (bicyclic) bond motifs is 1. The molecule has 4 atom stereocenters. The Hall–Kier alpha value is -4.35. The maximum absolute atomic E-state index is 14.9. The Morgan fingerprint density at radius 2 is 1.66 bits per heavy atom. The monoisotopic (exact) mass is 760 g/mol. The number of amides is 3. The fourth-order valence-corrected chi connectivity index (χ4v) is 8.37. The Bertz CT molecular complexity index is 2050. The third-order valence-corrected chi connectivity index (χ3v) is 12.4. The molecule has 1 heterocycles. The van der Waals surface area contributed by atoms with Crippen molar-refractivity contribution in [3.63, 3.8) is 0 Å². The number of anilines is 1. The number of nitrogens with one attached hydrogen (secondary N) is 3. The SMILES string of the molecule is C=C[C@@H]1CC1(NC(=O)C1Cc2cc(Oc3cccc(Cl)c3)ccc2CN1C(=O)[C@@H](Nc1cccc(C(C)(C)C)c1)C(C)(C)C)C(=O)NS(=O)(=O)C1CC1. The number of benzene rings is 3. The van der Waals surface area contributed by atoms with Crippen molar-refractivity contribution in [2.75, 3.05) is 5.32 Å². The van der Waals surface area contributed by atoms with Crippen molar-refractivity contribution in [2.24, 2.45) is 11.3 Å². The summed E-state index contributed by atoms with van der Waals surface area (Å²) in [7, 11) is -3.87. The lowest BCUT2D eigenvalue weighted by atomic mass is 9.83. The van der Waals surface area contributed by atoms with Gasteiger partial charge in [0.2, 0.25) is 21.8 Å². The van der Waals surface area contributed by atoms with Gasteiger partial charge in [-0.05, 0) is 89.2 Å². The number of carbonyl (C=O) groups excluding carboxylic acids is 3. The number of sulfonamides is 1. The van der Waals surface area contributed by atoms with Gasteiger partial charge in [0, 0.05) is 29.6 Å². The smallest absolute Gasteiger partial charge is 0.259 e. The number of hydrogen-bond acceptors (Lipinski definition) is 7.